The van der Waals surface area contributed by atoms with E-state index in [4.69, 9.17) is 0 Å². The van der Waals surface area contributed by atoms with E-state index in [0.717, 1.165) is 38.9 Å². The van der Waals surface area contributed by atoms with Crippen LogP contribution in [0.4, 0.5) is 0 Å². The van der Waals surface area contributed by atoms with Gasteiger partial charge in [0.2, 0.25) is 0 Å². The first-order valence-electron chi connectivity index (χ1n) is 12.6. The molecule has 4 atom stereocenters. The molecule has 4 heteroatoms. The first-order chi connectivity index (χ1) is 16.3. The Morgan fingerprint density at radius 1 is 0.909 bits per heavy atom. The summed E-state index contributed by atoms with van der Waals surface area (Å²) in [5.41, 5.74) is 8.54. The van der Waals surface area contributed by atoms with Gasteiger partial charge < -0.3 is 15.3 Å². The number of hydrogen-bond acceptors (Lipinski definition) is 2. The lowest BCUT2D eigenvalue weighted by atomic mass is 9.75. The Bertz CT molecular complexity index is 1340. The molecular formula is C29H32N4. The number of nitrogens with one attached hydrogen (secondary N) is 3. The molecule has 0 amide bonds. The highest BCUT2D eigenvalue weighted by Crippen LogP contribution is 2.46. The molecule has 3 N–H and O–H groups in total. The van der Waals surface area contributed by atoms with Gasteiger partial charge in [0, 0.05) is 52.3 Å². The van der Waals surface area contributed by atoms with E-state index in [-0.39, 0.29) is 0 Å². The summed E-state index contributed by atoms with van der Waals surface area (Å²) in [5, 5.41) is 6.68. The van der Waals surface area contributed by atoms with Gasteiger partial charge in [0.25, 0.3) is 0 Å². The monoisotopic (exact) mass is 436 g/mol. The summed E-state index contributed by atoms with van der Waals surface area (Å²) in [6.07, 6.45) is 6.85. The van der Waals surface area contributed by atoms with E-state index in [9.17, 15) is 0 Å². The lowest BCUT2D eigenvalue weighted by molar-refractivity contribution is 0.0623. The molecule has 7 rings (SSSR count). The third-order valence-corrected chi connectivity index (χ3v) is 8.65. The third kappa shape index (κ3) is 3.04. The number of benzene rings is 2. The topological polar surface area (TPSA) is 46.9 Å². The molecule has 0 saturated carbocycles. The number of hydrogen-bond donors (Lipinski definition) is 3. The van der Waals surface area contributed by atoms with E-state index in [1.165, 1.54) is 45.2 Å². The van der Waals surface area contributed by atoms with Gasteiger partial charge in [0.05, 0.1) is 6.04 Å². The number of aromatic amines is 2. The van der Waals surface area contributed by atoms with Crippen LogP contribution in [0.15, 0.2) is 61.2 Å². The highest BCUT2D eigenvalue weighted by molar-refractivity contribution is 5.86. The Morgan fingerprint density at radius 3 is 2.36 bits per heavy atom. The number of rotatable bonds is 3. The van der Waals surface area contributed by atoms with Gasteiger partial charge in [-0.2, -0.15) is 0 Å². The number of para-hydroxylation sites is 2. The number of H-pyrrole nitrogens is 2. The van der Waals surface area contributed by atoms with Crippen molar-refractivity contribution in [2.75, 3.05) is 19.6 Å². The average Bonchev–Trinajstić information content (AvgIpc) is 3.43. The molecule has 1 fully saturated rings. The van der Waals surface area contributed by atoms with Crippen LogP contribution >= 0.6 is 0 Å². The van der Waals surface area contributed by atoms with Gasteiger partial charge in [-0.25, -0.2) is 0 Å². The quantitative estimate of drug-likeness (QED) is 0.364. The van der Waals surface area contributed by atoms with Gasteiger partial charge in [0.1, 0.15) is 0 Å². The van der Waals surface area contributed by atoms with E-state index in [1.54, 1.807) is 5.56 Å². The van der Waals surface area contributed by atoms with Crippen LogP contribution in [0.25, 0.3) is 21.8 Å². The SMILES string of the molecule is C=CC1CN2CCc3c([nH]c4ccccc34)C2CC1CC1NCCc2c1[nH]c1ccccc21. The van der Waals surface area contributed by atoms with Crippen molar-refractivity contribution in [1.82, 2.24) is 20.2 Å². The lowest BCUT2D eigenvalue weighted by Crippen LogP contribution is -2.46. The zero-order valence-electron chi connectivity index (χ0n) is 19.1. The van der Waals surface area contributed by atoms with E-state index in [2.05, 4.69) is 81.4 Å². The maximum absolute atomic E-state index is 4.26. The lowest BCUT2D eigenvalue weighted by Gasteiger charge is -2.46. The molecule has 33 heavy (non-hydrogen) atoms. The summed E-state index contributed by atoms with van der Waals surface area (Å²) in [6, 6.07) is 18.5. The highest BCUT2D eigenvalue weighted by Gasteiger charge is 2.40. The molecule has 2 aromatic heterocycles. The van der Waals surface area contributed by atoms with Crippen molar-refractivity contribution in [2.45, 2.75) is 37.8 Å². The molecule has 0 aliphatic carbocycles. The number of nitrogens with zero attached hydrogens (tertiary/aromatic N) is 1. The minimum absolute atomic E-state index is 0.394. The molecule has 1 saturated heterocycles. The molecule has 0 bridgehead atoms. The normalized spacial score (nSPS) is 27.3. The van der Waals surface area contributed by atoms with Gasteiger partial charge in [0.15, 0.2) is 0 Å². The third-order valence-electron chi connectivity index (χ3n) is 8.65. The minimum atomic E-state index is 0.394. The highest BCUT2D eigenvalue weighted by atomic mass is 15.2. The molecule has 3 aliphatic rings. The van der Waals surface area contributed by atoms with Crippen LogP contribution in [0, 0.1) is 11.8 Å². The van der Waals surface area contributed by atoms with E-state index in [1.807, 2.05) is 0 Å². The predicted octanol–water partition coefficient (Wildman–Crippen LogP) is 5.65. The average molecular weight is 437 g/mol. The second-order valence-electron chi connectivity index (χ2n) is 10.3. The molecule has 3 aliphatic heterocycles. The van der Waals surface area contributed by atoms with E-state index in [0.29, 0.717) is 23.9 Å². The van der Waals surface area contributed by atoms with Gasteiger partial charge in [-0.15, -0.1) is 6.58 Å². The zero-order chi connectivity index (χ0) is 21.9. The first kappa shape index (κ1) is 19.6. The van der Waals surface area contributed by atoms with Gasteiger partial charge in [-0.05, 0) is 67.3 Å². The standard InChI is InChI=1S/C29H32N4/c1-2-18-17-33-14-12-23-21-8-4-6-10-25(21)32-29(23)27(33)16-19(18)15-26-28-22(11-13-30-26)20-7-3-5-9-24(20)31-28/h2-10,18-19,26-27,30-32H,1,11-17H2. The van der Waals surface area contributed by atoms with Crippen molar-refractivity contribution in [3.8, 4) is 0 Å². The second kappa shape index (κ2) is 7.61. The van der Waals surface area contributed by atoms with E-state index < -0.39 is 0 Å². The zero-order valence-corrected chi connectivity index (χ0v) is 19.1. The Balaban J connectivity index is 1.22. The maximum Gasteiger partial charge on any atom is 0.0504 e. The maximum atomic E-state index is 4.26. The van der Waals surface area contributed by atoms with Crippen molar-refractivity contribution >= 4 is 21.8 Å². The number of piperidine rings is 1. The molecule has 4 nitrogen and oxygen atoms in total. The Kier molecular flexibility index (Phi) is 4.53. The van der Waals surface area contributed by atoms with Crippen molar-refractivity contribution < 1.29 is 0 Å². The number of aromatic nitrogens is 2. The predicted molar refractivity (Wildman–Crippen MR) is 135 cm³/mol. The Labute approximate surface area is 195 Å². The molecule has 168 valence electrons. The number of fused-ring (bicyclic) bond motifs is 8. The first-order valence-corrected chi connectivity index (χ1v) is 12.6. The molecule has 4 unspecified atom stereocenters. The minimum Gasteiger partial charge on any atom is -0.357 e. The fourth-order valence-corrected chi connectivity index (χ4v) is 7.04. The van der Waals surface area contributed by atoms with Crippen molar-refractivity contribution in [3.63, 3.8) is 0 Å². The van der Waals surface area contributed by atoms with Gasteiger partial charge in [-0.3, -0.25) is 4.90 Å². The van der Waals surface area contributed by atoms with Crippen LogP contribution < -0.4 is 5.32 Å². The van der Waals surface area contributed by atoms with Crippen molar-refractivity contribution in [1.29, 1.82) is 0 Å². The van der Waals surface area contributed by atoms with Crippen LogP contribution in [-0.4, -0.2) is 34.5 Å². The van der Waals surface area contributed by atoms with E-state index >= 15 is 0 Å². The smallest absolute Gasteiger partial charge is 0.0504 e. The summed E-state index contributed by atoms with van der Waals surface area (Å²) < 4.78 is 0. The second-order valence-corrected chi connectivity index (χ2v) is 10.3. The van der Waals surface area contributed by atoms with Crippen LogP contribution in [0.5, 0.6) is 0 Å². The molecular weight excluding hydrogens is 404 g/mol. The molecule has 2 aromatic carbocycles. The summed E-state index contributed by atoms with van der Waals surface area (Å²) in [5.74, 6) is 1.17. The van der Waals surface area contributed by atoms with Crippen molar-refractivity contribution in [2.24, 2.45) is 11.8 Å². The largest absolute Gasteiger partial charge is 0.357 e. The van der Waals surface area contributed by atoms with Crippen molar-refractivity contribution in [3.05, 3.63) is 83.7 Å². The van der Waals surface area contributed by atoms with Crippen LogP contribution in [0.2, 0.25) is 0 Å². The fourth-order valence-electron chi connectivity index (χ4n) is 7.04. The summed E-state index contributed by atoms with van der Waals surface area (Å²) >= 11 is 0. The van der Waals surface area contributed by atoms with Crippen LogP contribution in [-0.2, 0) is 12.8 Å². The Morgan fingerprint density at radius 2 is 1.61 bits per heavy atom. The fraction of sp³-hybridized carbons (Fsp3) is 0.379. The molecule has 4 aromatic rings. The summed E-state index contributed by atoms with van der Waals surface area (Å²) in [6.45, 7) is 7.61. The molecule has 5 heterocycles. The summed E-state index contributed by atoms with van der Waals surface area (Å²) in [7, 11) is 0. The van der Waals surface area contributed by atoms with Gasteiger partial charge in [-0.1, -0.05) is 42.5 Å². The molecule has 0 spiro atoms. The Hall–Kier alpha value is -2.82. The van der Waals surface area contributed by atoms with Gasteiger partial charge >= 0.3 is 0 Å². The molecule has 0 radical (unpaired) electrons. The summed E-state index contributed by atoms with van der Waals surface area (Å²) in [4.78, 5) is 10.3. The van der Waals surface area contributed by atoms with Crippen LogP contribution in [0.3, 0.4) is 0 Å². The van der Waals surface area contributed by atoms with Crippen LogP contribution in [0.1, 0.15) is 47.4 Å².